The lowest BCUT2D eigenvalue weighted by atomic mass is 10.1. The van der Waals surface area contributed by atoms with Crippen molar-refractivity contribution in [1.29, 1.82) is 0 Å². The topological polar surface area (TPSA) is 38.9 Å². The standard InChI is InChI=1S/C12H10ClIN2/c13-9-5-6(14)4-8-11(15)7-2-1-3-10(7)16-12(8)9/h4-5H,1-3H2,(H2,15,16). The number of aromatic nitrogens is 1. The van der Waals surface area contributed by atoms with Gasteiger partial charge in [0.05, 0.1) is 10.5 Å². The normalized spacial score (nSPS) is 14.4. The lowest BCUT2D eigenvalue weighted by molar-refractivity contribution is 0.901. The van der Waals surface area contributed by atoms with Gasteiger partial charge in [0.25, 0.3) is 0 Å². The molecule has 0 radical (unpaired) electrons. The molecule has 2 N–H and O–H groups in total. The van der Waals surface area contributed by atoms with Gasteiger partial charge in [-0.1, -0.05) is 11.6 Å². The number of rotatable bonds is 0. The first-order chi connectivity index (χ1) is 7.66. The Bertz CT molecular complexity index is 595. The molecule has 82 valence electrons. The number of nitrogen functional groups attached to an aromatic ring is 1. The molecule has 16 heavy (non-hydrogen) atoms. The Hall–Kier alpha value is -0.550. The number of nitrogens with zero attached hydrogens (tertiary/aromatic N) is 1. The first-order valence-corrected chi connectivity index (χ1v) is 6.68. The highest BCUT2D eigenvalue weighted by atomic mass is 127. The average Bonchev–Trinajstić information content (AvgIpc) is 2.68. The van der Waals surface area contributed by atoms with Gasteiger partial charge in [-0.3, -0.25) is 4.98 Å². The molecule has 2 nitrogen and oxygen atoms in total. The second-order valence-electron chi connectivity index (χ2n) is 4.09. The summed E-state index contributed by atoms with van der Waals surface area (Å²) in [6.45, 7) is 0. The van der Waals surface area contributed by atoms with Crippen molar-refractivity contribution in [2.45, 2.75) is 19.3 Å². The van der Waals surface area contributed by atoms with Crippen LogP contribution in [0.15, 0.2) is 12.1 Å². The Morgan fingerprint density at radius 1 is 1.31 bits per heavy atom. The summed E-state index contributed by atoms with van der Waals surface area (Å²) in [4.78, 5) is 4.64. The van der Waals surface area contributed by atoms with Crippen LogP contribution >= 0.6 is 34.2 Å². The average molecular weight is 345 g/mol. The van der Waals surface area contributed by atoms with Crippen LogP contribution in [0.1, 0.15) is 17.7 Å². The highest BCUT2D eigenvalue weighted by Crippen LogP contribution is 2.35. The van der Waals surface area contributed by atoms with Gasteiger partial charge in [-0.15, -0.1) is 0 Å². The Balaban J connectivity index is 2.46. The van der Waals surface area contributed by atoms with Gasteiger partial charge in [0, 0.05) is 20.3 Å². The molecule has 0 aliphatic heterocycles. The Morgan fingerprint density at radius 3 is 2.94 bits per heavy atom. The van der Waals surface area contributed by atoms with E-state index in [1.165, 1.54) is 5.56 Å². The van der Waals surface area contributed by atoms with E-state index in [9.17, 15) is 0 Å². The lowest BCUT2D eigenvalue weighted by Crippen LogP contribution is -1.99. The fourth-order valence-electron chi connectivity index (χ4n) is 2.32. The zero-order chi connectivity index (χ0) is 11.3. The summed E-state index contributed by atoms with van der Waals surface area (Å²) in [5.74, 6) is 0. The van der Waals surface area contributed by atoms with E-state index in [0.717, 1.165) is 45.1 Å². The molecule has 0 unspecified atom stereocenters. The molecule has 1 heterocycles. The van der Waals surface area contributed by atoms with Gasteiger partial charge in [0.15, 0.2) is 0 Å². The first kappa shape index (κ1) is 10.6. The van der Waals surface area contributed by atoms with Crippen LogP contribution < -0.4 is 5.73 Å². The molecule has 3 rings (SSSR count). The second kappa shape index (κ2) is 3.74. The molecule has 1 aliphatic rings. The van der Waals surface area contributed by atoms with E-state index in [2.05, 4.69) is 33.6 Å². The largest absolute Gasteiger partial charge is 0.398 e. The second-order valence-corrected chi connectivity index (χ2v) is 5.74. The van der Waals surface area contributed by atoms with Crippen molar-refractivity contribution in [3.63, 3.8) is 0 Å². The molecule has 0 saturated carbocycles. The van der Waals surface area contributed by atoms with Gasteiger partial charge < -0.3 is 5.73 Å². The highest BCUT2D eigenvalue weighted by molar-refractivity contribution is 14.1. The third kappa shape index (κ3) is 1.49. The van der Waals surface area contributed by atoms with E-state index in [1.54, 1.807) is 0 Å². The summed E-state index contributed by atoms with van der Waals surface area (Å²) < 4.78 is 1.10. The number of benzene rings is 1. The number of halogens is 2. The van der Waals surface area contributed by atoms with E-state index >= 15 is 0 Å². The number of hydrogen-bond acceptors (Lipinski definition) is 2. The molecule has 4 heteroatoms. The molecule has 0 saturated heterocycles. The third-order valence-electron chi connectivity index (χ3n) is 3.08. The fraction of sp³-hybridized carbons (Fsp3) is 0.250. The van der Waals surface area contributed by atoms with Gasteiger partial charge in [-0.25, -0.2) is 0 Å². The molecule has 0 bridgehead atoms. The van der Waals surface area contributed by atoms with Gasteiger partial charge in [0.1, 0.15) is 0 Å². The van der Waals surface area contributed by atoms with E-state index < -0.39 is 0 Å². The van der Waals surface area contributed by atoms with E-state index in [0.29, 0.717) is 5.02 Å². The van der Waals surface area contributed by atoms with Crippen LogP contribution in [-0.4, -0.2) is 4.98 Å². The van der Waals surface area contributed by atoms with Crippen molar-refractivity contribution in [2.24, 2.45) is 0 Å². The zero-order valence-electron chi connectivity index (χ0n) is 8.56. The van der Waals surface area contributed by atoms with Crippen LogP contribution in [0.2, 0.25) is 5.02 Å². The predicted octanol–water partition coefficient (Wildman–Crippen LogP) is 3.56. The van der Waals surface area contributed by atoms with E-state index in [4.69, 9.17) is 17.3 Å². The SMILES string of the molecule is Nc1c2c(nc3c(Cl)cc(I)cc13)CCC2. The fourth-order valence-corrected chi connectivity index (χ4v) is 3.39. The van der Waals surface area contributed by atoms with Crippen molar-refractivity contribution < 1.29 is 0 Å². The molecular weight excluding hydrogens is 335 g/mol. The molecule has 0 fully saturated rings. The zero-order valence-corrected chi connectivity index (χ0v) is 11.5. The summed E-state index contributed by atoms with van der Waals surface area (Å²) >= 11 is 8.46. The highest BCUT2D eigenvalue weighted by Gasteiger charge is 2.19. The van der Waals surface area contributed by atoms with E-state index in [-0.39, 0.29) is 0 Å². The lowest BCUT2D eigenvalue weighted by Gasteiger charge is -2.09. The summed E-state index contributed by atoms with van der Waals surface area (Å²) in [6.07, 6.45) is 3.22. The van der Waals surface area contributed by atoms with Crippen molar-refractivity contribution in [3.05, 3.63) is 32.0 Å². The van der Waals surface area contributed by atoms with Crippen LogP contribution in [0.3, 0.4) is 0 Å². The maximum Gasteiger partial charge on any atom is 0.0913 e. The Labute approximate surface area is 112 Å². The van der Waals surface area contributed by atoms with Gasteiger partial charge in [0.2, 0.25) is 0 Å². The first-order valence-electron chi connectivity index (χ1n) is 5.23. The quantitative estimate of drug-likeness (QED) is 0.742. The van der Waals surface area contributed by atoms with Crippen LogP contribution in [0.25, 0.3) is 10.9 Å². The molecule has 0 atom stereocenters. The number of aryl methyl sites for hydroxylation is 1. The number of nitrogens with two attached hydrogens (primary N) is 1. The number of fused-ring (bicyclic) bond motifs is 2. The summed E-state index contributed by atoms with van der Waals surface area (Å²) in [7, 11) is 0. The van der Waals surface area contributed by atoms with Crippen molar-refractivity contribution in [3.8, 4) is 0 Å². The molecule has 1 aliphatic carbocycles. The molecule has 1 aromatic heterocycles. The number of anilines is 1. The number of hydrogen-bond donors (Lipinski definition) is 1. The summed E-state index contributed by atoms with van der Waals surface area (Å²) in [5, 5.41) is 1.70. The number of pyridine rings is 1. The minimum atomic E-state index is 0.698. The Kier molecular flexibility index (Phi) is 2.47. The molecule has 0 amide bonds. The van der Waals surface area contributed by atoms with Crippen molar-refractivity contribution in [2.75, 3.05) is 5.73 Å². The van der Waals surface area contributed by atoms with Gasteiger partial charge in [-0.05, 0) is 59.5 Å². The third-order valence-corrected chi connectivity index (χ3v) is 3.99. The molecular formula is C12H10ClIN2. The Morgan fingerprint density at radius 2 is 2.12 bits per heavy atom. The maximum absolute atomic E-state index is 6.21. The van der Waals surface area contributed by atoms with Crippen LogP contribution in [0.5, 0.6) is 0 Å². The van der Waals surface area contributed by atoms with Crippen molar-refractivity contribution >= 4 is 50.8 Å². The van der Waals surface area contributed by atoms with E-state index in [1.807, 2.05) is 6.07 Å². The summed E-state index contributed by atoms with van der Waals surface area (Å²) in [5.41, 5.74) is 10.3. The van der Waals surface area contributed by atoms with Gasteiger partial charge >= 0.3 is 0 Å². The van der Waals surface area contributed by atoms with Crippen LogP contribution in [-0.2, 0) is 12.8 Å². The predicted molar refractivity (Wildman–Crippen MR) is 75.9 cm³/mol. The van der Waals surface area contributed by atoms with Crippen LogP contribution in [0.4, 0.5) is 5.69 Å². The summed E-state index contributed by atoms with van der Waals surface area (Å²) in [6, 6.07) is 3.99. The van der Waals surface area contributed by atoms with Gasteiger partial charge in [-0.2, -0.15) is 0 Å². The minimum absolute atomic E-state index is 0.698. The molecule has 2 aromatic rings. The maximum atomic E-state index is 6.21. The van der Waals surface area contributed by atoms with Crippen LogP contribution in [0, 0.1) is 3.57 Å². The smallest absolute Gasteiger partial charge is 0.0913 e. The monoisotopic (exact) mass is 344 g/mol. The molecule has 1 aromatic carbocycles. The minimum Gasteiger partial charge on any atom is -0.398 e. The van der Waals surface area contributed by atoms with Crippen molar-refractivity contribution in [1.82, 2.24) is 4.98 Å². The molecule has 0 spiro atoms.